The lowest BCUT2D eigenvalue weighted by atomic mass is 10.0. The summed E-state index contributed by atoms with van der Waals surface area (Å²) in [7, 11) is 2.86. The number of carbonyl (C=O) groups excluding carboxylic acids is 2. The number of rotatable bonds is 4. The number of methoxy groups -OCH3 is 2. The van der Waals surface area contributed by atoms with Crippen LogP contribution in [0.15, 0.2) is 65.4 Å². The highest BCUT2D eigenvalue weighted by atomic mass is 35.5. The minimum absolute atomic E-state index is 0.236. The molecule has 0 aliphatic carbocycles. The second-order valence-corrected chi connectivity index (χ2v) is 6.34. The monoisotopic (exact) mass is 383 g/mol. The fourth-order valence-corrected chi connectivity index (χ4v) is 3.11. The summed E-state index contributed by atoms with van der Waals surface area (Å²) in [5, 5.41) is 0.562. The van der Waals surface area contributed by atoms with E-state index in [1.54, 1.807) is 56.5 Å². The summed E-state index contributed by atoms with van der Waals surface area (Å²) >= 11 is 5.94. The molecule has 1 heterocycles. The van der Waals surface area contributed by atoms with Crippen molar-refractivity contribution in [1.29, 1.82) is 0 Å². The highest BCUT2D eigenvalue weighted by molar-refractivity contribution is 6.30. The minimum Gasteiger partial charge on any atom is -0.497 e. The topological polar surface area (TPSA) is 55.8 Å². The predicted octanol–water partition coefficient (Wildman–Crippen LogP) is 4.23. The van der Waals surface area contributed by atoms with Crippen molar-refractivity contribution in [3.8, 4) is 5.75 Å². The van der Waals surface area contributed by atoms with Gasteiger partial charge in [0.15, 0.2) is 0 Å². The van der Waals surface area contributed by atoms with Crippen LogP contribution in [0.3, 0.4) is 0 Å². The first kappa shape index (κ1) is 18.7. The second kappa shape index (κ2) is 7.68. The highest BCUT2D eigenvalue weighted by Gasteiger charge is 2.37. The Hall–Kier alpha value is -3.05. The minimum atomic E-state index is -0.563. The number of ether oxygens (including phenoxy) is 2. The summed E-state index contributed by atoms with van der Waals surface area (Å²) in [5.41, 5.74) is 2.37. The van der Waals surface area contributed by atoms with E-state index >= 15 is 0 Å². The van der Waals surface area contributed by atoms with Crippen LogP contribution in [0.1, 0.15) is 12.5 Å². The molecule has 1 amide bonds. The number of amides is 1. The Kier molecular flexibility index (Phi) is 5.33. The Morgan fingerprint density at radius 1 is 1.11 bits per heavy atom. The Morgan fingerprint density at radius 3 is 2.44 bits per heavy atom. The molecule has 0 radical (unpaired) electrons. The summed E-state index contributed by atoms with van der Waals surface area (Å²) in [4.78, 5) is 27.0. The third-order valence-electron chi connectivity index (χ3n) is 4.28. The van der Waals surface area contributed by atoms with E-state index in [-0.39, 0.29) is 17.1 Å². The van der Waals surface area contributed by atoms with Crippen LogP contribution in [-0.4, -0.2) is 26.1 Å². The number of nitrogens with zero attached hydrogens (tertiary/aromatic N) is 1. The summed E-state index contributed by atoms with van der Waals surface area (Å²) < 4.78 is 10.1. The zero-order valence-electron chi connectivity index (χ0n) is 15.2. The van der Waals surface area contributed by atoms with Gasteiger partial charge in [0.05, 0.1) is 25.4 Å². The Bertz CT molecular complexity index is 960. The van der Waals surface area contributed by atoms with Crippen LogP contribution in [0.4, 0.5) is 5.69 Å². The molecule has 0 spiro atoms. The number of hydrogen-bond acceptors (Lipinski definition) is 4. The Labute approximate surface area is 162 Å². The van der Waals surface area contributed by atoms with Crippen molar-refractivity contribution in [3.63, 3.8) is 0 Å². The molecule has 0 fully saturated rings. The number of allylic oxidation sites excluding steroid dienone is 1. The van der Waals surface area contributed by atoms with E-state index < -0.39 is 5.97 Å². The lowest BCUT2D eigenvalue weighted by Crippen LogP contribution is -2.24. The molecular weight excluding hydrogens is 366 g/mol. The van der Waals surface area contributed by atoms with Gasteiger partial charge in [0.2, 0.25) is 0 Å². The molecule has 27 heavy (non-hydrogen) atoms. The molecule has 6 heteroatoms. The third kappa shape index (κ3) is 3.59. The van der Waals surface area contributed by atoms with Gasteiger partial charge in [0.25, 0.3) is 5.91 Å². The van der Waals surface area contributed by atoms with Crippen molar-refractivity contribution in [1.82, 2.24) is 0 Å². The van der Waals surface area contributed by atoms with E-state index in [1.807, 2.05) is 12.1 Å². The van der Waals surface area contributed by atoms with Gasteiger partial charge in [0, 0.05) is 16.4 Å². The van der Waals surface area contributed by atoms with Gasteiger partial charge in [-0.25, -0.2) is 4.79 Å². The third-order valence-corrected chi connectivity index (χ3v) is 4.53. The van der Waals surface area contributed by atoms with Gasteiger partial charge < -0.3 is 9.47 Å². The zero-order chi connectivity index (χ0) is 19.6. The molecule has 0 saturated carbocycles. The first-order valence-electron chi connectivity index (χ1n) is 8.21. The van der Waals surface area contributed by atoms with Crippen LogP contribution >= 0.6 is 11.6 Å². The number of halogens is 1. The molecular formula is C21H18ClNO4. The first-order chi connectivity index (χ1) is 13.0. The lowest BCUT2D eigenvalue weighted by molar-refractivity contribution is -0.136. The molecule has 0 aromatic heterocycles. The van der Waals surface area contributed by atoms with E-state index in [4.69, 9.17) is 21.1 Å². The van der Waals surface area contributed by atoms with Gasteiger partial charge in [-0.1, -0.05) is 23.7 Å². The van der Waals surface area contributed by atoms with Gasteiger partial charge in [-0.2, -0.15) is 0 Å². The highest BCUT2D eigenvalue weighted by Crippen LogP contribution is 2.36. The quantitative estimate of drug-likeness (QED) is 0.585. The predicted molar refractivity (Wildman–Crippen MR) is 105 cm³/mol. The molecule has 5 nitrogen and oxygen atoms in total. The Balaban J connectivity index is 2.12. The van der Waals surface area contributed by atoms with E-state index in [0.717, 1.165) is 5.56 Å². The summed E-state index contributed by atoms with van der Waals surface area (Å²) in [5.74, 6) is -0.214. The number of benzene rings is 2. The summed E-state index contributed by atoms with van der Waals surface area (Å²) in [6.45, 7) is 1.71. The summed E-state index contributed by atoms with van der Waals surface area (Å²) in [6.07, 6.45) is 1.66. The van der Waals surface area contributed by atoms with Crippen molar-refractivity contribution in [3.05, 3.63) is 76.0 Å². The molecule has 0 unspecified atom stereocenters. The molecule has 0 atom stereocenters. The molecule has 2 aromatic carbocycles. The second-order valence-electron chi connectivity index (χ2n) is 5.90. The lowest BCUT2D eigenvalue weighted by Gasteiger charge is -2.17. The van der Waals surface area contributed by atoms with E-state index in [2.05, 4.69) is 0 Å². The van der Waals surface area contributed by atoms with Crippen LogP contribution in [-0.2, 0) is 14.3 Å². The normalized spacial score (nSPS) is 15.5. The standard InChI is InChI=1S/C21H18ClNO4/c1-13-19(21(25)27-3)18(12-14-5-4-6-17(11-14)26-2)20(24)23(13)16-9-7-15(22)8-10-16/h4-12H,1-3H3/b18-12-. The molecule has 138 valence electrons. The largest absolute Gasteiger partial charge is 0.497 e. The van der Waals surface area contributed by atoms with E-state index in [0.29, 0.717) is 22.2 Å². The molecule has 1 aliphatic rings. The number of anilines is 1. The van der Waals surface area contributed by atoms with Crippen molar-refractivity contribution < 1.29 is 19.1 Å². The van der Waals surface area contributed by atoms with Gasteiger partial charge in [-0.3, -0.25) is 9.69 Å². The molecule has 0 N–H and O–H groups in total. The smallest absolute Gasteiger partial charge is 0.340 e. The van der Waals surface area contributed by atoms with Crippen molar-refractivity contribution in [2.24, 2.45) is 0 Å². The average Bonchev–Trinajstić information content (AvgIpc) is 2.92. The molecule has 3 rings (SSSR count). The molecule has 0 saturated heterocycles. The van der Waals surface area contributed by atoms with E-state index in [1.165, 1.54) is 12.0 Å². The Morgan fingerprint density at radius 2 is 1.81 bits per heavy atom. The van der Waals surface area contributed by atoms with Crippen molar-refractivity contribution in [2.75, 3.05) is 19.1 Å². The zero-order valence-corrected chi connectivity index (χ0v) is 15.9. The van der Waals surface area contributed by atoms with Crippen molar-refractivity contribution >= 4 is 35.2 Å². The maximum atomic E-state index is 13.1. The van der Waals surface area contributed by atoms with Crippen LogP contribution in [0.5, 0.6) is 5.75 Å². The van der Waals surface area contributed by atoms with Gasteiger partial charge in [0.1, 0.15) is 5.75 Å². The average molecular weight is 384 g/mol. The van der Waals surface area contributed by atoms with E-state index in [9.17, 15) is 9.59 Å². The maximum absolute atomic E-state index is 13.1. The summed E-state index contributed by atoms with van der Waals surface area (Å²) in [6, 6.07) is 14.1. The first-order valence-corrected chi connectivity index (χ1v) is 8.59. The van der Waals surface area contributed by atoms with Crippen LogP contribution in [0.2, 0.25) is 5.02 Å². The van der Waals surface area contributed by atoms with Gasteiger partial charge in [-0.15, -0.1) is 0 Å². The van der Waals surface area contributed by atoms with Gasteiger partial charge in [-0.05, 0) is 55.0 Å². The van der Waals surface area contributed by atoms with Crippen molar-refractivity contribution in [2.45, 2.75) is 6.92 Å². The number of hydrogen-bond donors (Lipinski definition) is 0. The molecule has 1 aliphatic heterocycles. The number of esters is 1. The molecule has 0 bridgehead atoms. The fourth-order valence-electron chi connectivity index (χ4n) is 2.98. The molecule has 2 aromatic rings. The van der Waals surface area contributed by atoms with Crippen LogP contribution < -0.4 is 9.64 Å². The van der Waals surface area contributed by atoms with Crippen LogP contribution in [0, 0.1) is 0 Å². The van der Waals surface area contributed by atoms with Gasteiger partial charge >= 0.3 is 5.97 Å². The number of carbonyl (C=O) groups is 2. The van der Waals surface area contributed by atoms with Crippen LogP contribution in [0.25, 0.3) is 6.08 Å². The maximum Gasteiger partial charge on any atom is 0.340 e. The fraction of sp³-hybridized carbons (Fsp3) is 0.143. The SMILES string of the molecule is COC(=O)C1=C(C)N(c2ccc(Cl)cc2)C(=O)/C1=C\c1cccc(OC)c1.